The second-order valence-corrected chi connectivity index (χ2v) is 6.47. The molecule has 1 aromatic carbocycles. The predicted octanol–water partition coefficient (Wildman–Crippen LogP) is 3.46. The first kappa shape index (κ1) is 19.3. The summed E-state index contributed by atoms with van der Waals surface area (Å²) in [5, 5.41) is 19.1. The number of aliphatic hydroxyl groups excluding tert-OH is 2. The van der Waals surface area contributed by atoms with E-state index in [4.69, 9.17) is 0 Å². The van der Waals surface area contributed by atoms with Gasteiger partial charge in [0.25, 0.3) is 0 Å². The maximum absolute atomic E-state index is 9.59. The monoisotopic (exact) mass is 503 g/mol. The maximum Gasteiger partial charge on any atom is 0.0595 e. The molecular formula is C20H24IrNO2-. The van der Waals surface area contributed by atoms with E-state index in [-0.39, 0.29) is 38.2 Å². The van der Waals surface area contributed by atoms with Gasteiger partial charge in [-0.05, 0) is 43.4 Å². The van der Waals surface area contributed by atoms with Gasteiger partial charge < -0.3 is 15.2 Å². The van der Waals surface area contributed by atoms with Gasteiger partial charge in [0, 0.05) is 32.2 Å². The molecule has 2 saturated carbocycles. The topological polar surface area (TPSA) is 53.4 Å². The molecule has 0 saturated heterocycles. The summed E-state index contributed by atoms with van der Waals surface area (Å²) in [4.78, 5) is 4.22. The minimum Gasteiger partial charge on any atom is -0.393 e. The van der Waals surface area contributed by atoms with Crippen LogP contribution >= 0.6 is 0 Å². The Bertz CT molecular complexity index is 554. The van der Waals surface area contributed by atoms with Gasteiger partial charge in [0.05, 0.1) is 12.2 Å². The van der Waals surface area contributed by atoms with Gasteiger partial charge in [0.1, 0.15) is 0 Å². The van der Waals surface area contributed by atoms with Crippen molar-refractivity contribution in [1.29, 1.82) is 0 Å². The van der Waals surface area contributed by atoms with Crippen molar-refractivity contribution in [2.24, 2.45) is 11.8 Å². The molecule has 0 spiro atoms. The Kier molecular flexibility index (Phi) is 7.57. The number of aliphatic hydroxyl groups is 2. The zero-order valence-electron chi connectivity index (χ0n) is 13.6. The second kappa shape index (κ2) is 9.43. The molecule has 0 aliphatic heterocycles. The summed E-state index contributed by atoms with van der Waals surface area (Å²) in [6, 6.07) is 16.8. The van der Waals surface area contributed by atoms with Crippen LogP contribution in [0.1, 0.15) is 32.1 Å². The van der Waals surface area contributed by atoms with Crippen molar-refractivity contribution in [2.75, 3.05) is 0 Å². The molecule has 2 aliphatic carbocycles. The molecule has 3 nitrogen and oxygen atoms in total. The summed E-state index contributed by atoms with van der Waals surface area (Å²) in [7, 11) is 0. The minimum atomic E-state index is -0.216. The molecule has 2 aliphatic rings. The Morgan fingerprint density at radius 3 is 2.38 bits per heavy atom. The van der Waals surface area contributed by atoms with Crippen LogP contribution in [0.4, 0.5) is 0 Å². The number of hydrogen-bond donors (Lipinski definition) is 2. The van der Waals surface area contributed by atoms with Crippen LogP contribution in [-0.2, 0) is 20.1 Å². The van der Waals surface area contributed by atoms with Crippen LogP contribution in [0.25, 0.3) is 11.3 Å². The zero-order chi connectivity index (χ0) is 16.1. The Labute approximate surface area is 157 Å². The molecular weight excluding hydrogens is 478 g/mol. The molecule has 0 amide bonds. The molecule has 1 aromatic heterocycles. The summed E-state index contributed by atoms with van der Waals surface area (Å²) < 4.78 is 0. The summed E-state index contributed by atoms with van der Waals surface area (Å²) >= 11 is 0. The largest absolute Gasteiger partial charge is 0.393 e. The molecule has 131 valence electrons. The maximum atomic E-state index is 9.59. The summed E-state index contributed by atoms with van der Waals surface area (Å²) in [6.07, 6.45) is 6.67. The van der Waals surface area contributed by atoms with Crippen molar-refractivity contribution in [3.8, 4) is 11.3 Å². The standard InChI is InChI=1S/C11H8N.C9H16O2.Ir/c1-2-6-10(7-3-1)11-8-4-5-9-12-11;10-7-3-1-2-6-4-5-8(11)9(6)7;/h1-6,8-9H;6-11H,1-5H2;/q-1;;. The Morgan fingerprint density at radius 1 is 0.917 bits per heavy atom. The summed E-state index contributed by atoms with van der Waals surface area (Å²) in [6.45, 7) is 0. The van der Waals surface area contributed by atoms with E-state index in [1.54, 1.807) is 6.20 Å². The van der Waals surface area contributed by atoms with Gasteiger partial charge in [-0.1, -0.05) is 18.6 Å². The fraction of sp³-hybridized carbons (Fsp3) is 0.450. The number of rotatable bonds is 1. The van der Waals surface area contributed by atoms with Crippen molar-refractivity contribution in [3.05, 3.63) is 54.7 Å². The van der Waals surface area contributed by atoms with E-state index >= 15 is 0 Å². The van der Waals surface area contributed by atoms with Crippen molar-refractivity contribution in [1.82, 2.24) is 4.98 Å². The average molecular weight is 503 g/mol. The molecule has 2 N–H and O–H groups in total. The molecule has 0 bridgehead atoms. The molecule has 2 aromatic rings. The first-order valence-corrected chi connectivity index (χ1v) is 8.50. The minimum absolute atomic E-state index is 0. The molecule has 4 atom stereocenters. The van der Waals surface area contributed by atoms with E-state index in [0.717, 1.165) is 36.9 Å². The number of hydrogen-bond acceptors (Lipinski definition) is 3. The van der Waals surface area contributed by atoms with E-state index in [9.17, 15) is 10.2 Å². The molecule has 2 fully saturated rings. The summed E-state index contributed by atoms with van der Waals surface area (Å²) in [5.41, 5.74) is 2.01. The van der Waals surface area contributed by atoms with Crippen LogP contribution in [0.15, 0.2) is 48.7 Å². The SMILES string of the molecule is OC1CCCC2CCC(O)C12.[Ir].[c-]1ccccc1-c1ccccn1. The smallest absolute Gasteiger partial charge is 0.0595 e. The Morgan fingerprint density at radius 2 is 1.71 bits per heavy atom. The van der Waals surface area contributed by atoms with E-state index in [0.29, 0.717) is 5.92 Å². The Hall–Kier alpha value is -1.06. The van der Waals surface area contributed by atoms with E-state index in [2.05, 4.69) is 11.1 Å². The third-order valence-corrected chi connectivity index (χ3v) is 4.99. The number of benzene rings is 1. The molecule has 4 heteroatoms. The van der Waals surface area contributed by atoms with Gasteiger partial charge in [-0.15, -0.1) is 35.9 Å². The van der Waals surface area contributed by atoms with Gasteiger partial charge in [-0.2, -0.15) is 0 Å². The number of fused-ring (bicyclic) bond motifs is 1. The van der Waals surface area contributed by atoms with Gasteiger partial charge in [0.15, 0.2) is 0 Å². The van der Waals surface area contributed by atoms with Gasteiger partial charge in [0.2, 0.25) is 0 Å². The average Bonchev–Trinajstić information content (AvgIpc) is 3.00. The van der Waals surface area contributed by atoms with E-state index in [1.165, 1.54) is 6.42 Å². The zero-order valence-corrected chi connectivity index (χ0v) is 16.0. The molecule has 1 heterocycles. The third kappa shape index (κ3) is 4.73. The number of aromatic nitrogens is 1. The predicted molar refractivity (Wildman–Crippen MR) is 90.6 cm³/mol. The van der Waals surface area contributed by atoms with Crippen molar-refractivity contribution < 1.29 is 30.3 Å². The summed E-state index contributed by atoms with van der Waals surface area (Å²) in [5.74, 6) is 0.831. The quantitative estimate of drug-likeness (QED) is 0.588. The van der Waals surface area contributed by atoms with E-state index < -0.39 is 0 Å². The fourth-order valence-electron chi connectivity index (χ4n) is 3.85. The number of nitrogens with zero attached hydrogens (tertiary/aromatic N) is 1. The first-order chi connectivity index (χ1) is 11.3. The first-order valence-electron chi connectivity index (χ1n) is 8.50. The number of pyridine rings is 1. The van der Waals surface area contributed by atoms with Crippen LogP contribution < -0.4 is 0 Å². The van der Waals surface area contributed by atoms with Crippen molar-refractivity contribution in [2.45, 2.75) is 44.3 Å². The third-order valence-electron chi connectivity index (χ3n) is 4.99. The molecule has 4 unspecified atom stereocenters. The van der Waals surface area contributed by atoms with Crippen LogP contribution in [0, 0.1) is 17.9 Å². The fourth-order valence-corrected chi connectivity index (χ4v) is 3.85. The van der Waals surface area contributed by atoms with Gasteiger partial charge >= 0.3 is 0 Å². The van der Waals surface area contributed by atoms with Crippen LogP contribution in [0.3, 0.4) is 0 Å². The Balaban J connectivity index is 0.000000167. The second-order valence-electron chi connectivity index (χ2n) is 6.47. The molecule has 1 radical (unpaired) electrons. The van der Waals surface area contributed by atoms with Crippen LogP contribution in [0.5, 0.6) is 0 Å². The van der Waals surface area contributed by atoms with E-state index in [1.807, 2.05) is 42.5 Å². The van der Waals surface area contributed by atoms with Crippen LogP contribution in [-0.4, -0.2) is 27.4 Å². The van der Waals surface area contributed by atoms with Gasteiger partial charge in [-0.25, -0.2) is 0 Å². The molecule has 4 rings (SSSR count). The van der Waals surface area contributed by atoms with Crippen LogP contribution in [0.2, 0.25) is 0 Å². The normalized spacial score (nSPS) is 28.1. The van der Waals surface area contributed by atoms with Gasteiger partial charge in [-0.3, -0.25) is 0 Å². The van der Waals surface area contributed by atoms with Crippen molar-refractivity contribution in [3.63, 3.8) is 0 Å². The van der Waals surface area contributed by atoms with Crippen molar-refractivity contribution >= 4 is 0 Å². The molecule has 24 heavy (non-hydrogen) atoms.